The second kappa shape index (κ2) is 9.32. The normalized spacial score (nSPS) is 11.4. The second-order valence-corrected chi connectivity index (χ2v) is 7.50. The van der Waals surface area contributed by atoms with Gasteiger partial charge in [0.15, 0.2) is 0 Å². The summed E-state index contributed by atoms with van der Waals surface area (Å²) in [4.78, 5) is 16.0. The topological polar surface area (TPSA) is 59.8 Å². The molecule has 1 amide bonds. The van der Waals surface area contributed by atoms with Crippen molar-refractivity contribution >= 4 is 29.3 Å². The van der Waals surface area contributed by atoms with Crippen LogP contribution in [0.25, 0.3) is 0 Å². The van der Waals surface area contributed by atoms with E-state index in [4.69, 9.17) is 11.6 Å². The van der Waals surface area contributed by atoms with Crippen molar-refractivity contribution in [3.8, 4) is 0 Å². The highest BCUT2D eigenvalue weighted by Crippen LogP contribution is 2.33. The van der Waals surface area contributed by atoms with Crippen LogP contribution >= 0.6 is 23.4 Å². The van der Waals surface area contributed by atoms with Gasteiger partial charge in [0, 0.05) is 36.5 Å². The SMILES string of the molecule is O=C(NCCSc1ncc(C(F)(F)F)cc1Cl)c1ccc(Cn2cccn2)cc1. The fourth-order valence-electron chi connectivity index (χ4n) is 2.44. The molecule has 3 aromatic rings. The number of pyridine rings is 1. The molecule has 0 atom stereocenters. The number of benzene rings is 1. The summed E-state index contributed by atoms with van der Waals surface area (Å²) in [5.41, 5.74) is 0.643. The predicted molar refractivity (Wildman–Crippen MR) is 105 cm³/mol. The van der Waals surface area contributed by atoms with Gasteiger partial charge in [0.05, 0.1) is 17.1 Å². The molecule has 0 radical (unpaired) electrons. The molecule has 0 unspecified atom stereocenters. The average molecular weight is 441 g/mol. The molecule has 2 aromatic heterocycles. The molecular formula is C19H16ClF3N4OS. The van der Waals surface area contributed by atoms with Gasteiger partial charge in [-0.05, 0) is 29.8 Å². The van der Waals surface area contributed by atoms with Crippen molar-refractivity contribution in [2.45, 2.75) is 17.7 Å². The molecule has 0 fully saturated rings. The van der Waals surface area contributed by atoms with E-state index in [2.05, 4.69) is 15.4 Å². The van der Waals surface area contributed by atoms with E-state index in [1.807, 2.05) is 24.4 Å². The van der Waals surface area contributed by atoms with Gasteiger partial charge in [0.1, 0.15) is 5.03 Å². The maximum atomic E-state index is 12.6. The maximum Gasteiger partial charge on any atom is 0.417 e. The summed E-state index contributed by atoms with van der Waals surface area (Å²) in [6, 6.07) is 9.87. The molecule has 10 heteroatoms. The molecule has 2 heterocycles. The number of aromatic nitrogens is 3. The first-order valence-corrected chi connectivity index (χ1v) is 9.89. The first-order chi connectivity index (χ1) is 13.8. The third kappa shape index (κ3) is 5.98. The van der Waals surface area contributed by atoms with E-state index >= 15 is 0 Å². The molecule has 5 nitrogen and oxygen atoms in total. The molecule has 3 rings (SSSR count). The van der Waals surface area contributed by atoms with E-state index in [9.17, 15) is 18.0 Å². The summed E-state index contributed by atoms with van der Waals surface area (Å²) in [6.07, 6.45) is -0.178. The molecule has 0 spiro atoms. The van der Waals surface area contributed by atoms with E-state index in [0.717, 1.165) is 17.8 Å². The number of rotatable bonds is 7. The summed E-state index contributed by atoms with van der Waals surface area (Å²) in [6.45, 7) is 0.935. The predicted octanol–water partition coefficient (Wildman–Crippen LogP) is 4.52. The van der Waals surface area contributed by atoms with Gasteiger partial charge < -0.3 is 5.32 Å². The number of nitrogens with one attached hydrogen (secondary N) is 1. The minimum absolute atomic E-state index is 0.0658. The zero-order chi connectivity index (χ0) is 20.9. The Bertz CT molecular complexity index is 963. The van der Waals surface area contributed by atoms with Gasteiger partial charge in [-0.15, -0.1) is 11.8 Å². The number of carbonyl (C=O) groups is 1. The van der Waals surface area contributed by atoms with Gasteiger partial charge in [0.2, 0.25) is 0 Å². The summed E-state index contributed by atoms with van der Waals surface area (Å²) < 4.78 is 39.6. The summed E-state index contributed by atoms with van der Waals surface area (Å²) in [5.74, 6) is 0.184. The molecule has 1 aromatic carbocycles. The van der Waals surface area contributed by atoms with Crippen LogP contribution in [0.4, 0.5) is 13.2 Å². The highest BCUT2D eigenvalue weighted by atomic mass is 35.5. The fraction of sp³-hybridized carbons (Fsp3) is 0.211. The fourth-order valence-corrected chi connectivity index (χ4v) is 3.50. The number of hydrogen-bond acceptors (Lipinski definition) is 4. The quantitative estimate of drug-likeness (QED) is 0.433. The molecule has 152 valence electrons. The van der Waals surface area contributed by atoms with Crippen LogP contribution in [0, 0.1) is 0 Å². The van der Waals surface area contributed by atoms with Gasteiger partial charge in [-0.2, -0.15) is 18.3 Å². The monoisotopic (exact) mass is 440 g/mol. The van der Waals surface area contributed by atoms with Crippen molar-refractivity contribution < 1.29 is 18.0 Å². The Morgan fingerprint density at radius 2 is 2.00 bits per heavy atom. The van der Waals surface area contributed by atoms with Crippen molar-refractivity contribution in [1.29, 1.82) is 0 Å². The number of amides is 1. The minimum atomic E-state index is -4.48. The smallest absolute Gasteiger partial charge is 0.351 e. The third-order valence-electron chi connectivity index (χ3n) is 3.88. The zero-order valence-corrected chi connectivity index (χ0v) is 16.6. The van der Waals surface area contributed by atoms with Crippen molar-refractivity contribution in [3.63, 3.8) is 0 Å². The van der Waals surface area contributed by atoms with E-state index in [-0.39, 0.29) is 16.0 Å². The van der Waals surface area contributed by atoms with Crippen LogP contribution in [0.3, 0.4) is 0 Å². The number of alkyl halides is 3. The van der Waals surface area contributed by atoms with Crippen molar-refractivity contribution in [1.82, 2.24) is 20.1 Å². The zero-order valence-electron chi connectivity index (χ0n) is 15.0. The van der Waals surface area contributed by atoms with Gasteiger partial charge in [-0.1, -0.05) is 23.7 Å². The Labute approximate surface area is 174 Å². The van der Waals surface area contributed by atoms with Crippen LogP contribution in [-0.4, -0.2) is 33.0 Å². The molecule has 0 bridgehead atoms. The first-order valence-electron chi connectivity index (χ1n) is 8.53. The molecule has 29 heavy (non-hydrogen) atoms. The number of hydrogen-bond donors (Lipinski definition) is 1. The lowest BCUT2D eigenvalue weighted by Crippen LogP contribution is -2.25. The summed E-state index contributed by atoms with van der Waals surface area (Å²) in [5, 5.41) is 7.12. The highest BCUT2D eigenvalue weighted by molar-refractivity contribution is 7.99. The number of thioether (sulfide) groups is 1. The third-order valence-corrected chi connectivity index (χ3v) is 5.29. The Hall–Kier alpha value is -2.52. The van der Waals surface area contributed by atoms with Crippen LogP contribution in [0.5, 0.6) is 0 Å². The van der Waals surface area contributed by atoms with E-state index in [0.29, 0.717) is 24.4 Å². The minimum Gasteiger partial charge on any atom is -0.351 e. The maximum absolute atomic E-state index is 12.6. The van der Waals surface area contributed by atoms with E-state index in [1.54, 1.807) is 23.0 Å². The lowest BCUT2D eigenvalue weighted by molar-refractivity contribution is -0.137. The van der Waals surface area contributed by atoms with Gasteiger partial charge in [-0.25, -0.2) is 4.98 Å². The van der Waals surface area contributed by atoms with Crippen LogP contribution in [0.2, 0.25) is 5.02 Å². The number of nitrogens with zero attached hydrogens (tertiary/aromatic N) is 3. The van der Waals surface area contributed by atoms with Crippen molar-refractivity contribution in [2.75, 3.05) is 12.3 Å². The molecule has 0 saturated heterocycles. The van der Waals surface area contributed by atoms with Gasteiger partial charge >= 0.3 is 6.18 Å². The van der Waals surface area contributed by atoms with Crippen LogP contribution in [0.1, 0.15) is 21.5 Å². The van der Waals surface area contributed by atoms with E-state index < -0.39 is 11.7 Å². The number of halogens is 4. The molecule has 0 aliphatic carbocycles. The Balaban J connectivity index is 1.46. The summed E-state index contributed by atoms with van der Waals surface area (Å²) >= 11 is 7.03. The first kappa shape index (κ1) is 21.2. The van der Waals surface area contributed by atoms with Gasteiger partial charge in [-0.3, -0.25) is 9.48 Å². The molecule has 0 aliphatic heterocycles. The molecule has 0 aliphatic rings. The number of carbonyl (C=O) groups excluding carboxylic acids is 1. The molecule has 1 N–H and O–H groups in total. The standard InChI is InChI=1S/C19H16ClF3N4OS/c20-16-10-15(19(21,22)23)11-25-18(16)29-9-7-24-17(28)14-4-2-13(3-5-14)12-27-8-1-6-26-27/h1-6,8,10-11H,7,9,12H2,(H,24,28). The lowest BCUT2D eigenvalue weighted by atomic mass is 10.1. The van der Waals surface area contributed by atoms with Crippen molar-refractivity contribution in [3.05, 3.63) is 76.7 Å². The Kier molecular flexibility index (Phi) is 6.81. The largest absolute Gasteiger partial charge is 0.417 e. The lowest BCUT2D eigenvalue weighted by Gasteiger charge is -2.09. The summed E-state index contributed by atoms with van der Waals surface area (Å²) in [7, 11) is 0. The second-order valence-electron chi connectivity index (χ2n) is 6.01. The van der Waals surface area contributed by atoms with Crippen LogP contribution in [-0.2, 0) is 12.7 Å². The van der Waals surface area contributed by atoms with Crippen LogP contribution in [0.15, 0.2) is 60.0 Å². The Morgan fingerprint density at radius 1 is 1.24 bits per heavy atom. The average Bonchev–Trinajstić information content (AvgIpc) is 3.19. The van der Waals surface area contributed by atoms with Gasteiger partial charge in [0.25, 0.3) is 5.91 Å². The van der Waals surface area contributed by atoms with Crippen LogP contribution < -0.4 is 5.32 Å². The molecular weight excluding hydrogens is 425 g/mol. The molecule has 0 saturated carbocycles. The highest BCUT2D eigenvalue weighted by Gasteiger charge is 2.31. The van der Waals surface area contributed by atoms with Crippen molar-refractivity contribution in [2.24, 2.45) is 0 Å². The van der Waals surface area contributed by atoms with E-state index in [1.165, 1.54) is 11.8 Å². The Morgan fingerprint density at radius 3 is 2.62 bits per heavy atom.